The van der Waals surface area contributed by atoms with Crippen molar-refractivity contribution >= 4 is 22.6 Å². The topological polar surface area (TPSA) is 30.7 Å². The molecule has 0 N–H and O–H groups in total. The van der Waals surface area contributed by atoms with Crippen molar-refractivity contribution in [1.82, 2.24) is 14.5 Å². The molecule has 0 amide bonds. The van der Waals surface area contributed by atoms with Crippen molar-refractivity contribution in [2.24, 2.45) is 0 Å². The maximum Gasteiger partial charge on any atom is 0.111 e. The van der Waals surface area contributed by atoms with E-state index in [0.29, 0.717) is 5.88 Å². The molecule has 3 rings (SSSR count). The van der Waals surface area contributed by atoms with Crippen LogP contribution in [0.2, 0.25) is 0 Å². The van der Waals surface area contributed by atoms with Crippen molar-refractivity contribution in [2.75, 3.05) is 5.88 Å². The highest BCUT2D eigenvalue weighted by atomic mass is 35.5. The minimum atomic E-state index is 0.589. The Kier molecular flexibility index (Phi) is 4.20. The van der Waals surface area contributed by atoms with Crippen molar-refractivity contribution in [3.05, 3.63) is 59.7 Å². The normalized spacial score (nSPS) is 11.1. The van der Waals surface area contributed by atoms with Gasteiger partial charge in [-0.2, -0.15) is 0 Å². The lowest BCUT2D eigenvalue weighted by Gasteiger charge is -2.08. The Morgan fingerprint density at radius 1 is 1.10 bits per heavy atom. The maximum absolute atomic E-state index is 5.93. The molecule has 0 spiro atoms. The number of imidazole rings is 1. The fourth-order valence-electron chi connectivity index (χ4n) is 2.63. The second-order valence-corrected chi connectivity index (χ2v) is 5.51. The minimum absolute atomic E-state index is 0.589. The Hall–Kier alpha value is -1.87. The first-order valence-electron chi connectivity index (χ1n) is 7.20. The molecule has 0 aliphatic heterocycles. The van der Waals surface area contributed by atoms with Crippen LogP contribution >= 0.6 is 11.6 Å². The molecule has 0 unspecified atom stereocenters. The van der Waals surface area contributed by atoms with Crippen LogP contribution in [0.1, 0.15) is 17.1 Å². The Morgan fingerprint density at radius 2 is 2.00 bits per heavy atom. The summed E-state index contributed by atoms with van der Waals surface area (Å²) >= 11 is 5.93. The van der Waals surface area contributed by atoms with Gasteiger partial charge in [0.1, 0.15) is 5.82 Å². The summed E-state index contributed by atoms with van der Waals surface area (Å²) in [5.74, 6) is 1.65. The maximum atomic E-state index is 5.93. The van der Waals surface area contributed by atoms with Crippen LogP contribution in [0.4, 0.5) is 0 Å². The van der Waals surface area contributed by atoms with Crippen molar-refractivity contribution in [2.45, 2.75) is 26.3 Å². The van der Waals surface area contributed by atoms with Crippen LogP contribution in [0.15, 0.2) is 42.6 Å². The molecule has 21 heavy (non-hydrogen) atoms. The fraction of sp³-hybridized carbons (Fsp3) is 0.294. The van der Waals surface area contributed by atoms with E-state index >= 15 is 0 Å². The summed E-state index contributed by atoms with van der Waals surface area (Å²) in [6.07, 6.45) is 3.53. The molecule has 0 atom stereocenters. The van der Waals surface area contributed by atoms with E-state index in [2.05, 4.69) is 40.7 Å². The number of para-hydroxylation sites is 1. The number of fused-ring (bicyclic) bond motifs is 1. The van der Waals surface area contributed by atoms with E-state index in [0.717, 1.165) is 36.4 Å². The van der Waals surface area contributed by atoms with E-state index < -0.39 is 0 Å². The summed E-state index contributed by atoms with van der Waals surface area (Å²) in [5, 5.41) is 0. The molecule has 1 aromatic carbocycles. The molecule has 0 aliphatic rings. The van der Waals surface area contributed by atoms with E-state index in [9.17, 15) is 0 Å². The lowest BCUT2D eigenvalue weighted by atomic mass is 10.2. The first kappa shape index (κ1) is 14.1. The molecule has 0 saturated heterocycles. The number of halogens is 1. The van der Waals surface area contributed by atoms with Gasteiger partial charge in [0.25, 0.3) is 0 Å². The molecular weight excluding hydrogens is 282 g/mol. The van der Waals surface area contributed by atoms with Gasteiger partial charge in [-0.3, -0.25) is 4.98 Å². The van der Waals surface area contributed by atoms with Gasteiger partial charge in [0, 0.05) is 37.2 Å². The predicted octanol–water partition coefficient (Wildman–Crippen LogP) is 3.76. The number of aromatic nitrogens is 3. The highest BCUT2D eigenvalue weighted by Crippen LogP contribution is 2.20. The zero-order chi connectivity index (χ0) is 14.7. The third-order valence-electron chi connectivity index (χ3n) is 3.70. The van der Waals surface area contributed by atoms with Crippen molar-refractivity contribution in [3.63, 3.8) is 0 Å². The zero-order valence-corrected chi connectivity index (χ0v) is 12.8. The monoisotopic (exact) mass is 299 g/mol. The molecule has 0 radical (unpaired) electrons. The Bertz CT molecular complexity index is 734. The smallest absolute Gasteiger partial charge is 0.111 e. The molecule has 0 aliphatic carbocycles. The van der Waals surface area contributed by atoms with Crippen molar-refractivity contribution in [3.8, 4) is 0 Å². The largest absolute Gasteiger partial charge is 0.328 e. The average Bonchev–Trinajstić information content (AvgIpc) is 2.86. The number of nitrogens with zero attached hydrogens (tertiary/aromatic N) is 3. The molecule has 4 heteroatoms. The van der Waals surface area contributed by atoms with E-state index in [-0.39, 0.29) is 0 Å². The van der Waals surface area contributed by atoms with Crippen LogP contribution in [-0.2, 0) is 19.4 Å². The number of rotatable bonds is 5. The molecule has 2 heterocycles. The zero-order valence-electron chi connectivity index (χ0n) is 12.1. The highest BCUT2D eigenvalue weighted by Gasteiger charge is 2.11. The van der Waals surface area contributed by atoms with Gasteiger partial charge in [-0.15, -0.1) is 11.6 Å². The summed E-state index contributed by atoms with van der Waals surface area (Å²) in [5.41, 5.74) is 4.58. The molecule has 3 aromatic rings. The van der Waals surface area contributed by atoms with E-state index in [1.807, 2.05) is 18.3 Å². The number of alkyl halides is 1. The first-order chi connectivity index (χ1) is 10.3. The second kappa shape index (κ2) is 6.27. The number of hydrogen-bond donors (Lipinski definition) is 0. The van der Waals surface area contributed by atoms with Gasteiger partial charge in [-0.05, 0) is 30.7 Å². The third-order valence-corrected chi connectivity index (χ3v) is 3.88. The number of hydrogen-bond acceptors (Lipinski definition) is 2. The highest BCUT2D eigenvalue weighted by molar-refractivity contribution is 6.17. The molecule has 0 bridgehead atoms. The molecular formula is C17H18ClN3. The van der Waals surface area contributed by atoms with Crippen molar-refractivity contribution in [1.29, 1.82) is 0 Å². The summed E-state index contributed by atoms with van der Waals surface area (Å²) in [6, 6.07) is 12.3. The van der Waals surface area contributed by atoms with E-state index in [1.54, 1.807) is 0 Å². The first-order valence-corrected chi connectivity index (χ1v) is 7.73. The van der Waals surface area contributed by atoms with Crippen LogP contribution in [0.25, 0.3) is 11.0 Å². The molecule has 2 aromatic heterocycles. The lowest BCUT2D eigenvalue weighted by Crippen LogP contribution is -2.07. The van der Waals surface area contributed by atoms with Crippen LogP contribution in [0.5, 0.6) is 0 Å². The van der Waals surface area contributed by atoms with Crippen molar-refractivity contribution < 1.29 is 0 Å². The van der Waals surface area contributed by atoms with Crippen LogP contribution in [0.3, 0.4) is 0 Å². The average molecular weight is 300 g/mol. The standard InChI is InChI=1S/C17H18ClN3/c1-13-5-4-7-15-17(13)20-16(8-10-18)21(15)12-9-14-6-2-3-11-19-14/h2-7,11H,8-10,12H2,1H3. The van der Waals surface area contributed by atoms with Crippen LogP contribution < -0.4 is 0 Å². The third kappa shape index (κ3) is 2.93. The molecule has 3 nitrogen and oxygen atoms in total. The van der Waals surface area contributed by atoms with Gasteiger partial charge in [-0.25, -0.2) is 4.98 Å². The SMILES string of the molecule is Cc1cccc2c1nc(CCCl)n2CCc1ccccn1. The predicted molar refractivity (Wildman–Crippen MR) is 86.8 cm³/mol. The van der Waals surface area contributed by atoms with Gasteiger partial charge in [-0.1, -0.05) is 18.2 Å². The molecule has 0 fully saturated rings. The molecule has 0 saturated carbocycles. The summed E-state index contributed by atoms with van der Waals surface area (Å²) in [4.78, 5) is 9.16. The van der Waals surface area contributed by atoms with Gasteiger partial charge in [0.05, 0.1) is 11.0 Å². The Balaban J connectivity index is 1.95. The van der Waals surface area contributed by atoms with Gasteiger partial charge in [0.2, 0.25) is 0 Å². The quantitative estimate of drug-likeness (QED) is 0.672. The Labute approximate surface area is 129 Å². The molecule has 108 valence electrons. The van der Waals surface area contributed by atoms with Crippen LogP contribution in [0, 0.1) is 6.92 Å². The van der Waals surface area contributed by atoms with Gasteiger partial charge < -0.3 is 4.57 Å². The number of pyridine rings is 1. The minimum Gasteiger partial charge on any atom is -0.328 e. The van der Waals surface area contributed by atoms with E-state index in [1.165, 1.54) is 11.1 Å². The fourth-order valence-corrected chi connectivity index (χ4v) is 2.80. The van der Waals surface area contributed by atoms with Gasteiger partial charge >= 0.3 is 0 Å². The lowest BCUT2D eigenvalue weighted by molar-refractivity contribution is 0.666. The van der Waals surface area contributed by atoms with E-state index in [4.69, 9.17) is 16.6 Å². The number of aryl methyl sites for hydroxylation is 4. The summed E-state index contributed by atoms with van der Waals surface area (Å²) in [6.45, 7) is 2.98. The number of benzene rings is 1. The summed E-state index contributed by atoms with van der Waals surface area (Å²) < 4.78 is 2.28. The van der Waals surface area contributed by atoms with Crippen LogP contribution in [-0.4, -0.2) is 20.4 Å². The summed E-state index contributed by atoms with van der Waals surface area (Å²) in [7, 11) is 0. The second-order valence-electron chi connectivity index (χ2n) is 5.13. The van der Waals surface area contributed by atoms with Gasteiger partial charge in [0.15, 0.2) is 0 Å². The Morgan fingerprint density at radius 3 is 2.76 bits per heavy atom.